The molecule has 2 N–H and O–H groups in total. The highest BCUT2D eigenvalue weighted by molar-refractivity contribution is 6.34. The van der Waals surface area contributed by atoms with E-state index in [2.05, 4.69) is 25.0 Å². The van der Waals surface area contributed by atoms with E-state index in [1.807, 2.05) is 16.8 Å². The van der Waals surface area contributed by atoms with Crippen LogP contribution in [0.5, 0.6) is 0 Å². The number of nitrogens with zero attached hydrogens (tertiary/aromatic N) is 2. The Balaban J connectivity index is 2.67. The monoisotopic (exact) mass is 237 g/mol. The lowest BCUT2D eigenvalue weighted by molar-refractivity contribution is 0.538. The number of fused-ring (bicyclic) bond motifs is 1. The minimum absolute atomic E-state index is 0.269. The summed E-state index contributed by atoms with van der Waals surface area (Å²) in [5, 5.41) is 6.26. The molecule has 0 bridgehead atoms. The van der Waals surface area contributed by atoms with Crippen molar-refractivity contribution in [2.24, 2.45) is 5.73 Å². The van der Waals surface area contributed by atoms with Gasteiger partial charge in [-0.15, -0.1) is 0 Å². The maximum absolute atomic E-state index is 6.35. The first kappa shape index (κ1) is 11.4. The molecule has 16 heavy (non-hydrogen) atoms. The molecule has 1 heterocycles. The predicted molar refractivity (Wildman–Crippen MR) is 67.9 cm³/mol. The second kappa shape index (κ2) is 4.44. The lowest BCUT2D eigenvalue weighted by Gasteiger charge is -2.06. The van der Waals surface area contributed by atoms with Crippen LogP contribution >= 0.6 is 11.6 Å². The van der Waals surface area contributed by atoms with Crippen LogP contribution in [0, 0.1) is 0 Å². The zero-order chi connectivity index (χ0) is 11.7. The maximum Gasteiger partial charge on any atom is 0.135 e. The Morgan fingerprint density at radius 3 is 2.81 bits per heavy atom. The van der Waals surface area contributed by atoms with Gasteiger partial charge < -0.3 is 5.73 Å². The van der Waals surface area contributed by atoms with Crippen molar-refractivity contribution >= 4 is 22.5 Å². The molecule has 0 aliphatic rings. The molecule has 0 spiro atoms. The van der Waals surface area contributed by atoms with E-state index in [4.69, 9.17) is 17.3 Å². The fourth-order valence-electron chi connectivity index (χ4n) is 1.89. The Labute approximate surface area is 100 Å². The van der Waals surface area contributed by atoms with Crippen LogP contribution in [0.15, 0.2) is 18.2 Å². The van der Waals surface area contributed by atoms with Crippen LogP contribution in [0.1, 0.15) is 25.5 Å². The molecule has 0 amide bonds. The third-order valence-electron chi connectivity index (χ3n) is 2.65. The van der Waals surface area contributed by atoms with Crippen molar-refractivity contribution in [3.63, 3.8) is 0 Å². The Bertz CT molecular complexity index is 502. The Morgan fingerprint density at radius 1 is 1.44 bits per heavy atom. The first-order valence-corrected chi connectivity index (χ1v) is 5.88. The van der Waals surface area contributed by atoms with E-state index in [0.29, 0.717) is 11.7 Å². The van der Waals surface area contributed by atoms with Crippen LogP contribution in [0.25, 0.3) is 10.9 Å². The number of halogens is 1. The van der Waals surface area contributed by atoms with E-state index in [-0.39, 0.29) is 6.04 Å². The quantitative estimate of drug-likeness (QED) is 0.892. The van der Waals surface area contributed by atoms with Crippen molar-refractivity contribution in [3.8, 4) is 0 Å². The van der Waals surface area contributed by atoms with Gasteiger partial charge in [-0.05, 0) is 38.4 Å². The molecular weight excluding hydrogens is 222 g/mol. The Morgan fingerprint density at radius 2 is 2.19 bits per heavy atom. The molecule has 1 aromatic heterocycles. The van der Waals surface area contributed by atoms with Crippen LogP contribution in [0.3, 0.4) is 0 Å². The molecular formula is C12H16ClN3. The van der Waals surface area contributed by atoms with Gasteiger partial charge in [-0.1, -0.05) is 23.7 Å². The first-order chi connectivity index (χ1) is 7.65. The van der Waals surface area contributed by atoms with Crippen molar-refractivity contribution < 1.29 is 0 Å². The van der Waals surface area contributed by atoms with Gasteiger partial charge in [0.05, 0.1) is 5.52 Å². The van der Waals surface area contributed by atoms with E-state index < -0.39 is 0 Å². The highest BCUT2D eigenvalue weighted by Crippen LogP contribution is 2.29. The van der Waals surface area contributed by atoms with Crippen LogP contribution in [-0.2, 0) is 6.42 Å². The smallest absolute Gasteiger partial charge is 0.135 e. The summed E-state index contributed by atoms with van der Waals surface area (Å²) in [6.45, 7) is 4.77. The zero-order valence-electron chi connectivity index (χ0n) is 9.57. The molecule has 0 aliphatic carbocycles. The molecule has 0 radical (unpaired) electrons. The molecule has 0 atom stereocenters. The van der Waals surface area contributed by atoms with E-state index in [0.717, 1.165) is 17.3 Å². The molecule has 2 rings (SSSR count). The van der Waals surface area contributed by atoms with E-state index in [1.165, 1.54) is 5.56 Å². The van der Waals surface area contributed by atoms with E-state index in [9.17, 15) is 0 Å². The summed E-state index contributed by atoms with van der Waals surface area (Å²) in [4.78, 5) is 0. The van der Waals surface area contributed by atoms with Crippen molar-refractivity contribution in [2.45, 2.75) is 26.3 Å². The highest BCUT2D eigenvalue weighted by Gasteiger charge is 2.13. The van der Waals surface area contributed by atoms with Crippen LogP contribution in [0.2, 0.25) is 5.15 Å². The molecule has 0 unspecified atom stereocenters. The van der Waals surface area contributed by atoms with Crippen LogP contribution < -0.4 is 5.73 Å². The summed E-state index contributed by atoms with van der Waals surface area (Å²) in [5.74, 6) is 0. The largest absolute Gasteiger partial charge is 0.330 e. The summed E-state index contributed by atoms with van der Waals surface area (Å²) in [6, 6.07) is 6.32. The minimum Gasteiger partial charge on any atom is -0.330 e. The first-order valence-electron chi connectivity index (χ1n) is 5.50. The van der Waals surface area contributed by atoms with Gasteiger partial charge in [0.1, 0.15) is 5.15 Å². The minimum atomic E-state index is 0.269. The fourth-order valence-corrected chi connectivity index (χ4v) is 2.34. The normalized spacial score (nSPS) is 11.6. The molecule has 1 aromatic carbocycles. The summed E-state index contributed by atoms with van der Waals surface area (Å²) >= 11 is 6.35. The summed E-state index contributed by atoms with van der Waals surface area (Å²) < 4.78 is 1.85. The third-order valence-corrected chi connectivity index (χ3v) is 3.02. The Hall–Kier alpha value is -1.06. The SMILES string of the molecule is CC(C)n1nc2cccc(CCN)c2c1Cl. The van der Waals surface area contributed by atoms with Gasteiger partial charge in [0.2, 0.25) is 0 Å². The number of benzene rings is 1. The number of hydrogen-bond acceptors (Lipinski definition) is 2. The zero-order valence-corrected chi connectivity index (χ0v) is 10.3. The van der Waals surface area contributed by atoms with Gasteiger partial charge in [0.15, 0.2) is 0 Å². The lowest BCUT2D eigenvalue weighted by atomic mass is 10.1. The number of rotatable bonds is 3. The standard InChI is InChI=1S/C12H16ClN3/c1-8(2)16-12(13)11-9(6-7-14)4-3-5-10(11)15-16/h3-5,8H,6-7,14H2,1-2H3. The summed E-state index contributed by atoms with van der Waals surface area (Å²) in [5.41, 5.74) is 7.72. The molecule has 2 aromatic rings. The molecule has 86 valence electrons. The van der Waals surface area contributed by atoms with Gasteiger partial charge in [-0.2, -0.15) is 5.10 Å². The van der Waals surface area contributed by atoms with Gasteiger partial charge in [-0.25, -0.2) is 0 Å². The molecule has 3 nitrogen and oxygen atoms in total. The fraction of sp³-hybridized carbons (Fsp3) is 0.417. The summed E-state index contributed by atoms with van der Waals surface area (Å²) in [6.07, 6.45) is 0.834. The molecule has 0 saturated carbocycles. The van der Waals surface area contributed by atoms with Crippen LogP contribution in [0.4, 0.5) is 0 Å². The topological polar surface area (TPSA) is 43.8 Å². The Kier molecular flexibility index (Phi) is 3.17. The van der Waals surface area contributed by atoms with Crippen molar-refractivity contribution in [1.29, 1.82) is 0 Å². The van der Waals surface area contributed by atoms with Crippen molar-refractivity contribution in [1.82, 2.24) is 9.78 Å². The highest BCUT2D eigenvalue weighted by atomic mass is 35.5. The average molecular weight is 238 g/mol. The molecule has 4 heteroatoms. The average Bonchev–Trinajstić information content (AvgIpc) is 2.58. The van der Waals surface area contributed by atoms with Crippen molar-refractivity contribution in [2.75, 3.05) is 6.54 Å². The molecule has 0 aliphatic heterocycles. The summed E-state index contributed by atoms with van der Waals surface area (Å²) in [7, 11) is 0. The number of aromatic nitrogens is 2. The van der Waals surface area contributed by atoms with Crippen molar-refractivity contribution in [3.05, 3.63) is 28.9 Å². The maximum atomic E-state index is 6.35. The van der Waals surface area contributed by atoms with Gasteiger partial charge >= 0.3 is 0 Å². The molecule has 0 saturated heterocycles. The van der Waals surface area contributed by atoms with Gasteiger partial charge in [-0.3, -0.25) is 4.68 Å². The number of hydrogen-bond donors (Lipinski definition) is 1. The van der Waals surface area contributed by atoms with E-state index >= 15 is 0 Å². The predicted octanol–water partition coefficient (Wildman–Crippen LogP) is 2.77. The third kappa shape index (κ3) is 1.81. The number of nitrogens with two attached hydrogens (primary N) is 1. The van der Waals surface area contributed by atoms with Gasteiger partial charge in [0, 0.05) is 11.4 Å². The lowest BCUT2D eigenvalue weighted by Crippen LogP contribution is -2.03. The second-order valence-corrected chi connectivity index (χ2v) is 4.54. The molecule has 0 fully saturated rings. The van der Waals surface area contributed by atoms with E-state index in [1.54, 1.807) is 0 Å². The van der Waals surface area contributed by atoms with Gasteiger partial charge in [0.25, 0.3) is 0 Å². The second-order valence-electron chi connectivity index (χ2n) is 4.18. The van der Waals surface area contributed by atoms with Crippen LogP contribution in [-0.4, -0.2) is 16.3 Å².